The van der Waals surface area contributed by atoms with E-state index in [0.29, 0.717) is 24.5 Å². The number of ether oxygens (including phenoxy) is 1. The van der Waals surface area contributed by atoms with Gasteiger partial charge >= 0.3 is 0 Å². The van der Waals surface area contributed by atoms with E-state index in [-0.39, 0.29) is 11.1 Å². The number of amides is 2. The Hall–Kier alpha value is -1.37. The van der Waals surface area contributed by atoms with Crippen LogP contribution in [0.3, 0.4) is 0 Å². The summed E-state index contributed by atoms with van der Waals surface area (Å²) in [5.74, 6) is 0.578. The molecule has 0 radical (unpaired) electrons. The summed E-state index contributed by atoms with van der Waals surface area (Å²) < 4.78 is 8.99. The standard InChI is InChI=1S/C25H18BrI2NO3S/c26-19-8-6-17(7-9-19)15-32-23-20(27)12-18(13-21(23)28)14-22-24(30)29(25(31)33-22)11-10-16-4-2-1-3-5-16/h1-9,12-14H,10-11,15H2/b22-14-. The van der Waals surface area contributed by atoms with E-state index in [1.54, 1.807) is 6.08 Å². The number of rotatable bonds is 7. The summed E-state index contributed by atoms with van der Waals surface area (Å²) in [7, 11) is 0. The van der Waals surface area contributed by atoms with Crippen molar-refractivity contribution in [3.8, 4) is 5.75 Å². The molecule has 1 saturated heterocycles. The Bertz CT molecular complexity index is 1190. The van der Waals surface area contributed by atoms with Gasteiger partial charge in [0.15, 0.2) is 0 Å². The van der Waals surface area contributed by atoms with Crippen molar-refractivity contribution in [2.75, 3.05) is 6.54 Å². The maximum atomic E-state index is 12.8. The summed E-state index contributed by atoms with van der Waals surface area (Å²) in [5, 5.41) is -0.221. The number of carbonyl (C=O) groups excluding carboxylic acids is 2. The van der Waals surface area contributed by atoms with Crippen LogP contribution in [0.1, 0.15) is 16.7 Å². The van der Waals surface area contributed by atoms with Crippen molar-refractivity contribution in [2.45, 2.75) is 13.0 Å². The number of hydrogen-bond donors (Lipinski definition) is 0. The van der Waals surface area contributed by atoms with Gasteiger partial charge in [0.2, 0.25) is 0 Å². The molecule has 33 heavy (non-hydrogen) atoms. The molecule has 0 N–H and O–H groups in total. The average Bonchev–Trinajstić information content (AvgIpc) is 3.06. The van der Waals surface area contributed by atoms with Gasteiger partial charge in [0, 0.05) is 11.0 Å². The fraction of sp³-hybridized carbons (Fsp3) is 0.120. The molecular formula is C25H18BrI2NO3S. The quantitative estimate of drug-likeness (QED) is 0.186. The minimum absolute atomic E-state index is 0.221. The van der Waals surface area contributed by atoms with E-state index in [0.717, 1.165) is 45.8 Å². The van der Waals surface area contributed by atoms with E-state index in [1.807, 2.05) is 66.7 Å². The van der Waals surface area contributed by atoms with Crippen molar-refractivity contribution in [1.82, 2.24) is 4.90 Å². The van der Waals surface area contributed by atoms with Crippen LogP contribution in [0.5, 0.6) is 5.75 Å². The van der Waals surface area contributed by atoms with Crippen molar-refractivity contribution in [3.63, 3.8) is 0 Å². The van der Waals surface area contributed by atoms with Gasteiger partial charge < -0.3 is 4.74 Å². The van der Waals surface area contributed by atoms with Gasteiger partial charge in [-0.2, -0.15) is 0 Å². The van der Waals surface area contributed by atoms with Crippen LogP contribution >= 0.6 is 72.9 Å². The third-order valence-electron chi connectivity index (χ3n) is 4.96. The zero-order valence-corrected chi connectivity index (χ0v) is 24.0. The van der Waals surface area contributed by atoms with Crippen molar-refractivity contribution in [2.24, 2.45) is 0 Å². The largest absolute Gasteiger partial charge is 0.487 e. The zero-order valence-electron chi connectivity index (χ0n) is 17.3. The van der Waals surface area contributed by atoms with Gasteiger partial charge in [-0.15, -0.1) is 0 Å². The number of hydrogen-bond acceptors (Lipinski definition) is 4. The van der Waals surface area contributed by atoms with E-state index in [9.17, 15) is 9.59 Å². The first-order valence-electron chi connectivity index (χ1n) is 10.1. The fourth-order valence-electron chi connectivity index (χ4n) is 3.27. The molecule has 8 heteroatoms. The molecule has 168 valence electrons. The van der Waals surface area contributed by atoms with Crippen LogP contribution in [0.4, 0.5) is 4.79 Å². The smallest absolute Gasteiger partial charge is 0.293 e. The molecule has 0 atom stereocenters. The summed E-state index contributed by atoms with van der Waals surface area (Å²) in [4.78, 5) is 27.1. The summed E-state index contributed by atoms with van der Waals surface area (Å²) in [5.41, 5.74) is 3.05. The molecule has 1 aliphatic heterocycles. The Morgan fingerprint density at radius 3 is 2.27 bits per heavy atom. The molecule has 3 aromatic carbocycles. The van der Waals surface area contributed by atoms with Gasteiger partial charge in [-0.05, 0) is 110 Å². The molecule has 0 saturated carbocycles. The van der Waals surface area contributed by atoms with Crippen LogP contribution in [0.25, 0.3) is 6.08 Å². The van der Waals surface area contributed by atoms with E-state index in [2.05, 4.69) is 61.1 Å². The van der Waals surface area contributed by atoms with Crippen molar-refractivity contribution >= 4 is 90.1 Å². The minimum atomic E-state index is -0.235. The summed E-state index contributed by atoms with van der Waals surface area (Å²) >= 11 is 8.92. The molecule has 1 aliphatic rings. The minimum Gasteiger partial charge on any atom is -0.487 e. The molecule has 1 heterocycles. The van der Waals surface area contributed by atoms with E-state index < -0.39 is 0 Å². The Kier molecular flexibility index (Phi) is 8.53. The van der Waals surface area contributed by atoms with Crippen LogP contribution in [-0.2, 0) is 17.8 Å². The number of thioether (sulfide) groups is 1. The van der Waals surface area contributed by atoms with E-state index >= 15 is 0 Å². The second-order valence-electron chi connectivity index (χ2n) is 7.30. The van der Waals surface area contributed by atoms with Crippen LogP contribution in [0, 0.1) is 7.14 Å². The highest BCUT2D eigenvalue weighted by molar-refractivity contribution is 14.1. The lowest BCUT2D eigenvalue weighted by molar-refractivity contribution is -0.122. The topological polar surface area (TPSA) is 46.6 Å². The van der Waals surface area contributed by atoms with Gasteiger partial charge in [0.05, 0.1) is 12.0 Å². The molecule has 0 bridgehead atoms. The average molecular weight is 746 g/mol. The van der Waals surface area contributed by atoms with Crippen LogP contribution < -0.4 is 4.74 Å². The first kappa shape index (κ1) is 24.7. The zero-order chi connectivity index (χ0) is 23.4. The summed E-state index contributed by atoms with van der Waals surface area (Å²) in [6, 6.07) is 21.8. The van der Waals surface area contributed by atoms with Gasteiger partial charge in [0.25, 0.3) is 11.1 Å². The lowest BCUT2D eigenvalue weighted by Crippen LogP contribution is -2.30. The molecule has 4 rings (SSSR count). The normalized spacial score (nSPS) is 14.9. The second kappa shape index (κ2) is 11.4. The molecule has 0 spiro atoms. The van der Waals surface area contributed by atoms with E-state index in [1.165, 1.54) is 4.90 Å². The summed E-state index contributed by atoms with van der Waals surface area (Å²) in [6.07, 6.45) is 2.43. The Morgan fingerprint density at radius 1 is 0.939 bits per heavy atom. The Labute approximate surface area is 232 Å². The molecule has 1 fully saturated rings. The number of nitrogens with zero attached hydrogens (tertiary/aromatic N) is 1. The summed E-state index contributed by atoms with van der Waals surface area (Å²) in [6.45, 7) is 0.850. The van der Waals surface area contributed by atoms with Crippen molar-refractivity contribution in [1.29, 1.82) is 0 Å². The number of halogens is 3. The Morgan fingerprint density at radius 2 is 1.61 bits per heavy atom. The maximum absolute atomic E-state index is 12.8. The number of carbonyl (C=O) groups is 2. The van der Waals surface area contributed by atoms with Crippen molar-refractivity contribution in [3.05, 3.63) is 99.9 Å². The van der Waals surface area contributed by atoms with Gasteiger partial charge in [-0.3, -0.25) is 14.5 Å². The first-order chi connectivity index (χ1) is 15.9. The SMILES string of the molecule is O=C1S/C(=C\c2cc(I)c(OCc3ccc(Br)cc3)c(I)c2)C(=O)N1CCc1ccccc1. The third-order valence-corrected chi connectivity index (χ3v) is 7.99. The number of benzene rings is 3. The molecule has 2 amide bonds. The van der Waals surface area contributed by atoms with Gasteiger partial charge in [0.1, 0.15) is 12.4 Å². The van der Waals surface area contributed by atoms with Crippen LogP contribution in [0.15, 0.2) is 76.1 Å². The first-order valence-corrected chi connectivity index (χ1v) is 13.8. The fourth-order valence-corrected chi connectivity index (χ4v) is 6.52. The van der Waals surface area contributed by atoms with E-state index in [4.69, 9.17) is 4.74 Å². The predicted octanol–water partition coefficient (Wildman–Crippen LogP) is 7.52. The number of imide groups is 1. The van der Waals surface area contributed by atoms with Crippen molar-refractivity contribution < 1.29 is 14.3 Å². The lowest BCUT2D eigenvalue weighted by Gasteiger charge is -2.12. The Balaban J connectivity index is 1.45. The molecule has 0 unspecified atom stereocenters. The molecule has 0 aliphatic carbocycles. The molecular weight excluding hydrogens is 728 g/mol. The second-order valence-corrected chi connectivity index (χ2v) is 11.5. The molecule has 4 nitrogen and oxygen atoms in total. The highest BCUT2D eigenvalue weighted by atomic mass is 127. The van der Waals surface area contributed by atoms with Crippen LogP contribution in [0.2, 0.25) is 0 Å². The highest BCUT2D eigenvalue weighted by Gasteiger charge is 2.34. The van der Waals surface area contributed by atoms with Gasteiger partial charge in [-0.25, -0.2) is 0 Å². The molecule has 3 aromatic rings. The lowest BCUT2D eigenvalue weighted by atomic mass is 10.1. The molecule has 0 aromatic heterocycles. The van der Waals surface area contributed by atoms with Gasteiger partial charge in [-0.1, -0.05) is 58.4 Å². The van der Waals surface area contributed by atoms with Crippen LogP contribution in [-0.4, -0.2) is 22.6 Å². The third kappa shape index (κ3) is 6.40. The monoisotopic (exact) mass is 745 g/mol. The highest BCUT2D eigenvalue weighted by Crippen LogP contribution is 2.35. The predicted molar refractivity (Wildman–Crippen MR) is 153 cm³/mol. The maximum Gasteiger partial charge on any atom is 0.293 e.